The van der Waals surface area contributed by atoms with Crippen LogP contribution in [-0.2, 0) is 6.54 Å². The highest BCUT2D eigenvalue weighted by Crippen LogP contribution is 2.18. The van der Waals surface area contributed by atoms with Crippen LogP contribution in [0.2, 0.25) is 0 Å². The summed E-state index contributed by atoms with van der Waals surface area (Å²) in [6.45, 7) is 4.70. The molecule has 2 heterocycles. The zero-order chi connectivity index (χ0) is 15.5. The van der Waals surface area contributed by atoms with Crippen molar-refractivity contribution >= 4 is 16.8 Å². The Balaban J connectivity index is 1.79. The lowest BCUT2D eigenvalue weighted by atomic mass is 10.0. The van der Waals surface area contributed by atoms with Crippen LogP contribution in [0.15, 0.2) is 42.9 Å². The van der Waals surface area contributed by atoms with Crippen LogP contribution in [-0.4, -0.2) is 31.9 Å². The van der Waals surface area contributed by atoms with E-state index in [9.17, 15) is 4.79 Å². The summed E-state index contributed by atoms with van der Waals surface area (Å²) >= 11 is 0. The summed E-state index contributed by atoms with van der Waals surface area (Å²) < 4.78 is 0. The quantitative estimate of drug-likeness (QED) is 0.758. The molecule has 0 saturated heterocycles. The molecule has 1 unspecified atom stereocenters. The second-order valence-corrected chi connectivity index (χ2v) is 5.66. The molecule has 2 N–H and O–H groups in total. The molecule has 0 spiro atoms. The number of para-hydroxylation sites is 1. The maximum Gasteiger partial charge on any atom is 0.253 e. The van der Waals surface area contributed by atoms with Crippen molar-refractivity contribution in [2.24, 2.45) is 5.92 Å². The van der Waals surface area contributed by atoms with Gasteiger partial charge in [0.05, 0.1) is 30.5 Å². The Hall–Kier alpha value is -2.63. The molecule has 1 amide bonds. The van der Waals surface area contributed by atoms with Gasteiger partial charge in [-0.15, -0.1) is 0 Å². The zero-order valence-corrected chi connectivity index (χ0v) is 12.7. The van der Waals surface area contributed by atoms with Gasteiger partial charge in [0.1, 0.15) is 0 Å². The number of hydrogen-bond acceptors (Lipinski definition) is 3. The fourth-order valence-corrected chi connectivity index (χ4v) is 2.44. The molecule has 1 atom stereocenters. The number of amides is 1. The molecule has 0 aliphatic carbocycles. The Morgan fingerprint density at radius 2 is 2.00 bits per heavy atom. The van der Waals surface area contributed by atoms with Gasteiger partial charge in [0, 0.05) is 17.1 Å². The molecule has 2 aromatic heterocycles. The fourth-order valence-electron chi connectivity index (χ4n) is 2.44. The Labute approximate surface area is 128 Å². The van der Waals surface area contributed by atoms with E-state index in [0.29, 0.717) is 12.1 Å². The molecule has 1 aromatic carbocycles. The summed E-state index contributed by atoms with van der Waals surface area (Å²) in [7, 11) is 0. The topological polar surface area (TPSA) is 75.6 Å². The third-order valence-corrected chi connectivity index (χ3v) is 3.78. The summed E-state index contributed by atoms with van der Waals surface area (Å²) in [5.41, 5.74) is 1.62. The highest BCUT2D eigenvalue weighted by Gasteiger charge is 2.20. The summed E-state index contributed by atoms with van der Waals surface area (Å²) in [6.07, 6.45) is 5.03. The lowest BCUT2D eigenvalue weighted by Crippen LogP contribution is -2.42. The Kier molecular flexibility index (Phi) is 3.91. The predicted molar refractivity (Wildman–Crippen MR) is 84.4 cm³/mol. The second kappa shape index (κ2) is 6.01. The van der Waals surface area contributed by atoms with Gasteiger partial charge < -0.3 is 10.3 Å². The van der Waals surface area contributed by atoms with Gasteiger partial charge in [-0.25, -0.2) is 0 Å². The first-order valence-electron chi connectivity index (χ1n) is 7.36. The van der Waals surface area contributed by atoms with E-state index in [4.69, 9.17) is 0 Å². The van der Waals surface area contributed by atoms with E-state index in [1.807, 2.05) is 24.3 Å². The average molecular weight is 297 g/mol. The molecule has 3 rings (SSSR count). The van der Waals surface area contributed by atoms with Gasteiger partial charge in [-0.2, -0.15) is 15.0 Å². The highest BCUT2D eigenvalue weighted by molar-refractivity contribution is 6.06. The van der Waals surface area contributed by atoms with Gasteiger partial charge in [-0.1, -0.05) is 32.0 Å². The lowest BCUT2D eigenvalue weighted by molar-refractivity contribution is 0.0919. The number of carbonyl (C=O) groups excluding carboxylic acids is 1. The molecule has 6 nitrogen and oxygen atoms in total. The van der Waals surface area contributed by atoms with Crippen LogP contribution in [0.5, 0.6) is 0 Å². The number of carbonyl (C=O) groups is 1. The van der Waals surface area contributed by atoms with Gasteiger partial charge in [-0.3, -0.25) is 4.79 Å². The van der Waals surface area contributed by atoms with E-state index in [2.05, 4.69) is 34.3 Å². The van der Waals surface area contributed by atoms with Crippen LogP contribution in [0, 0.1) is 5.92 Å². The Bertz CT molecular complexity index is 760. The number of hydrogen-bond donors (Lipinski definition) is 2. The maximum atomic E-state index is 12.6. The predicted octanol–water partition coefficient (Wildman–Crippen LogP) is 2.21. The summed E-state index contributed by atoms with van der Waals surface area (Å²) in [6, 6.07) is 7.75. The lowest BCUT2D eigenvalue weighted by Gasteiger charge is -2.21. The molecule has 0 fully saturated rings. The fraction of sp³-hybridized carbons (Fsp3) is 0.312. The van der Waals surface area contributed by atoms with Gasteiger partial charge in [-0.05, 0) is 12.0 Å². The van der Waals surface area contributed by atoms with Crippen LogP contribution in [0.3, 0.4) is 0 Å². The summed E-state index contributed by atoms with van der Waals surface area (Å²) in [5.74, 6) is 0.198. The van der Waals surface area contributed by atoms with Crippen LogP contribution >= 0.6 is 0 Å². The summed E-state index contributed by atoms with van der Waals surface area (Å²) in [5, 5.41) is 12.2. The molecular weight excluding hydrogens is 278 g/mol. The van der Waals surface area contributed by atoms with Gasteiger partial charge >= 0.3 is 0 Å². The molecular formula is C16H19N5O. The minimum Gasteiger partial charge on any atom is -0.360 e. The number of aromatic amines is 1. The first kappa shape index (κ1) is 14.3. The number of benzene rings is 1. The van der Waals surface area contributed by atoms with Crippen LogP contribution in [0.1, 0.15) is 24.2 Å². The molecule has 3 aromatic rings. The standard InChI is InChI=1S/C16H19N5O/c1-11(2)15(10-21-18-7-8-19-21)20-16(22)13-9-17-14-6-4-3-5-12(13)14/h3-9,11,15,17H,10H2,1-2H3,(H,20,22). The Morgan fingerprint density at radius 1 is 1.27 bits per heavy atom. The van der Waals surface area contributed by atoms with Crippen LogP contribution in [0.25, 0.3) is 10.9 Å². The average Bonchev–Trinajstić information content (AvgIpc) is 3.15. The van der Waals surface area contributed by atoms with Crippen molar-refractivity contribution in [1.29, 1.82) is 0 Å². The molecule has 0 radical (unpaired) electrons. The van der Waals surface area contributed by atoms with E-state index in [1.54, 1.807) is 23.4 Å². The van der Waals surface area contributed by atoms with E-state index in [1.165, 1.54) is 0 Å². The number of fused-ring (bicyclic) bond motifs is 1. The van der Waals surface area contributed by atoms with Crippen molar-refractivity contribution in [1.82, 2.24) is 25.3 Å². The molecule has 0 aliphatic rings. The zero-order valence-electron chi connectivity index (χ0n) is 12.7. The minimum absolute atomic E-state index is 0.0337. The van der Waals surface area contributed by atoms with Crippen molar-refractivity contribution in [2.45, 2.75) is 26.4 Å². The first-order valence-corrected chi connectivity index (χ1v) is 7.36. The number of nitrogens with zero attached hydrogens (tertiary/aromatic N) is 3. The number of nitrogens with one attached hydrogen (secondary N) is 2. The van der Waals surface area contributed by atoms with E-state index >= 15 is 0 Å². The third-order valence-electron chi connectivity index (χ3n) is 3.78. The van der Waals surface area contributed by atoms with E-state index < -0.39 is 0 Å². The second-order valence-electron chi connectivity index (χ2n) is 5.66. The van der Waals surface area contributed by atoms with Gasteiger partial charge in [0.15, 0.2) is 0 Å². The third kappa shape index (κ3) is 2.86. The molecule has 114 valence electrons. The van der Waals surface area contributed by atoms with Crippen molar-refractivity contribution < 1.29 is 4.79 Å². The van der Waals surface area contributed by atoms with Crippen molar-refractivity contribution in [3.8, 4) is 0 Å². The number of rotatable bonds is 5. The van der Waals surface area contributed by atoms with E-state index in [0.717, 1.165) is 10.9 Å². The monoisotopic (exact) mass is 297 g/mol. The normalized spacial score (nSPS) is 12.7. The SMILES string of the molecule is CC(C)C(Cn1nccn1)NC(=O)c1c[nH]c2ccccc12. The van der Waals surface area contributed by atoms with Crippen molar-refractivity contribution in [3.63, 3.8) is 0 Å². The van der Waals surface area contributed by atoms with Crippen molar-refractivity contribution in [2.75, 3.05) is 0 Å². The number of H-pyrrole nitrogens is 1. The number of aromatic nitrogens is 4. The van der Waals surface area contributed by atoms with Gasteiger partial charge in [0.25, 0.3) is 5.91 Å². The molecule has 0 aliphatic heterocycles. The molecule has 22 heavy (non-hydrogen) atoms. The molecule has 0 bridgehead atoms. The Morgan fingerprint density at radius 3 is 2.73 bits per heavy atom. The largest absolute Gasteiger partial charge is 0.360 e. The highest BCUT2D eigenvalue weighted by atomic mass is 16.1. The molecule has 0 saturated carbocycles. The summed E-state index contributed by atoms with van der Waals surface area (Å²) in [4.78, 5) is 17.3. The van der Waals surface area contributed by atoms with Crippen LogP contribution < -0.4 is 5.32 Å². The maximum absolute atomic E-state index is 12.6. The van der Waals surface area contributed by atoms with Crippen molar-refractivity contribution in [3.05, 3.63) is 48.4 Å². The van der Waals surface area contributed by atoms with E-state index in [-0.39, 0.29) is 17.9 Å². The van der Waals surface area contributed by atoms with Crippen LogP contribution in [0.4, 0.5) is 0 Å². The smallest absolute Gasteiger partial charge is 0.253 e. The first-order chi connectivity index (χ1) is 10.6. The van der Waals surface area contributed by atoms with Gasteiger partial charge in [0.2, 0.25) is 0 Å². The molecule has 6 heteroatoms. The minimum atomic E-state index is -0.0803.